The minimum absolute atomic E-state index is 0.0553. The summed E-state index contributed by atoms with van der Waals surface area (Å²) in [5, 5.41) is 0. The lowest BCUT2D eigenvalue weighted by Gasteiger charge is -2.28. The van der Waals surface area contributed by atoms with Crippen LogP contribution in [0.1, 0.15) is 24.3 Å². The van der Waals surface area contributed by atoms with Crippen LogP contribution in [0, 0.1) is 0 Å². The Kier molecular flexibility index (Phi) is 2.96. The molecule has 0 aliphatic carbocycles. The van der Waals surface area contributed by atoms with Crippen LogP contribution in [0.4, 0.5) is 0 Å². The number of hydrogen-bond acceptors (Lipinski definition) is 3. The lowest BCUT2D eigenvalue weighted by Crippen LogP contribution is -2.37. The highest BCUT2D eigenvalue weighted by Crippen LogP contribution is 2.35. The molecule has 0 saturated carbocycles. The number of amides is 1. The molecule has 3 rings (SSSR count). The van der Waals surface area contributed by atoms with Crippen LogP contribution >= 0.6 is 0 Å². The number of benzene rings is 1. The number of fused-ring (bicyclic) bond motifs is 1. The normalized spacial score (nSPS) is 26.6. The third-order valence-corrected chi connectivity index (χ3v) is 3.79. The number of carbonyl (C=O) groups excluding carboxylic acids is 1. The van der Waals surface area contributed by atoms with Gasteiger partial charge in [-0.3, -0.25) is 4.79 Å². The fourth-order valence-corrected chi connectivity index (χ4v) is 2.81. The van der Waals surface area contributed by atoms with E-state index in [1.807, 2.05) is 29.2 Å². The van der Waals surface area contributed by atoms with Crippen molar-refractivity contribution >= 4 is 5.91 Å². The molecule has 96 valence electrons. The van der Waals surface area contributed by atoms with Gasteiger partial charge in [0.25, 0.3) is 0 Å². The van der Waals surface area contributed by atoms with Crippen molar-refractivity contribution in [3.05, 3.63) is 29.8 Å². The molecule has 2 N–H and O–H groups in total. The van der Waals surface area contributed by atoms with Gasteiger partial charge in [0.15, 0.2) is 0 Å². The molecule has 1 aromatic rings. The van der Waals surface area contributed by atoms with E-state index in [2.05, 4.69) is 0 Å². The van der Waals surface area contributed by atoms with Crippen LogP contribution in [0.2, 0.25) is 0 Å². The zero-order chi connectivity index (χ0) is 12.5. The summed E-state index contributed by atoms with van der Waals surface area (Å²) in [5.74, 6) is 1.00. The van der Waals surface area contributed by atoms with E-state index in [1.54, 1.807) is 0 Å². The van der Waals surface area contributed by atoms with E-state index in [-0.39, 0.29) is 17.9 Å². The Morgan fingerprint density at radius 3 is 2.94 bits per heavy atom. The van der Waals surface area contributed by atoms with Crippen LogP contribution in [-0.4, -0.2) is 36.5 Å². The zero-order valence-corrected chi connectivity index (χ0v) is 10.3. The van der Waals surface area contributed by atoms with Crippen molar-refractivity contribution in [2.45, 2.75) is 24.8 Å². The van der Waals surface area contributed by atoms with Crippen LogP contribution in [-0.2, 0) is 4.79 Å². The van der Waals surface area contributed by atoms with Crippen LogP contribution < -0.4 is 10.5 Å². The van der Waals surface area contributed by atoms with Gasteiger partial charge in [-0.2, -0.15) is 0 Å². The molecule has 4 nitrogen and oxygen atoms in total. The average molecular weight is 246 g/mol. The Balaban J connectivity index is 1.83. The van der Waals surface area contributed by atoms with Gasteiger partial charge in [-0.1, -0.05) is 18.2 Å². The number of para-hydroxylation sites is 1. The summed E-state index contributed by atoms with van der Waals surface area (Å²) in [5.41, 5.74) is 6.89. The summed E-state index contributed by atoms with van der Waals surface area (Å²) in [7, 11) is 0. The van der Waals surface area contributed by atoms with Crippen molar-refractivity contribution in [2.24, 2.45) is 5.73 Å². The van der Waals surface area contributed by atoms with Gasteiger partial charge in [0.2, 0.25) is 5.91 Å². The first kappa shape index (κ1) is 11.5. The molecule has 2 heterocycles. The van der Waals surface area contributed by atoms with Crippen molar-refractivity contribution < 1.29 is 9.53 Å². The second kappa shape index (κ2) is 4.61. The van der Waals surface area contributed by atoms with E-state index in [0.717, 1.165) is 30.7 Å². The Morgan fingerprint density at radius 2 is 2.17 bits per heavy atom. The van der Waals surface area contributed by atoms with Gasteiger partial charge in [0, 0.05) is 24.7 Å². The molecule has 4 heteroatoms. The molecule has 1 amide bonds. The maximum absolute atomic E-state index is 12.5. The van der Waals surface area contributed by atoms with Gasteiger partial charge in [-0.05, 0) is 18.9 Å². The molecule has 1 unspecified atom stereocenters. The van der Waals surface area contributed by atoms with Crippen LogP contribution in [0.5, 0.6) is 5.75 Å². The SMILES string of the molecule is N[C@@H]1CCN(C(=O)C2CCOc3ccccc32)C1. The molecule has 0 radical (unpaired) electrons. The lowest BCUT2D eigenvalue weighted by atomic mass is 9.92. The minimum Gasteiger partial charge on any atom is -0.493 e. The fourth-order valence-electron chi connectivity index (χ4n) is 2.81. The second-order valence-corrected chi connectivity index (χ2v) is 5.06. The van der Waals surface area contributed by atoms with Gasteiger partial charge < -0.3 is 15.4 Å². The molecule has 0 spiro atoms. The van der Waals surface area contributed by atoms with E-state index in [1.165, 1.54) is 0 Å². The second-order valence-electron chi connectivity index (χ2n) is 5.06. The number of likely N-dealkylation sites (tertiary alicyclic amines) is 1. The Bertz CT molecular complexity index is 461. The highest BCUT2D eigenvalue weighted by atomic mass is 16.5. The number of ether oxygens (including phenoxy) is 1. The first-order valence-electron chi connectivity index (χ1n) is 6.52. The molecule has 1 aromatic carbocycles. The Hall–Kier alpha value is -1.55. The molecule has 0 aromatic heterocycles. The van der Waals surface area contributed by atoms with Crippen molar-refractivity contribution in [3.63, 3.8) is 0 Å². The summed E-state index contributed by atoms with van der Waals surface area (Å²) in [6.45, 7) is 2.10. The Morgan fingerprint density at radius 1 is 1.33 bits per heavy atom. The largest absolute Gasteiger partial charge is 0.493 e. The number of carbonyl (C=O) groups is 1. The predicted molar refractivity (Wildman–Crippen MR) is 68.5 cm³/mol. The molecular formula is C14H18N2O2. The van der Waals surface area contributed by atoms with E-state index in [4.69, 9.17) is 10.5 Å². The first-order valence-corrected chi connectivity index (χ1v) is 6.52. The summed E-state index contributed by atoms with van der Waals surface area (Å²) in [6.07, 6.45) is 1.68. The highest BCUT2D eigenvalue weighted by Gasteiger charge is 2.33. The molecule has 18 heavy (non-hydrogen) atoms. The topological polar surface area (TPSA) is 55.6 Å². The van der Waals surface area contributed by atoms with Crippen molar-refractivity contribution in [2.75, 3.05) is 19.7 Å². The fraction of sp³-hybridized carbons (Fsp3) is 0.500. The van der Waals surface area contributed by atoms with Gasteiger partial charge in [-0.25, -0.2) is 0 Å². The maximum Gasteiger partial charge on any atom is 0.230 e. The third kappa shape index (κ3) is 1.97. The molecule has 1 saturated heterocycles. The van der Waals surface area contributed by atoms with Crippen LogP contribution in [0.25, 0.3) is 0 Å². The summed E-state index contributed by atoms with van der Waals surface area (Å²) < 4.78 is 5.59. The van der Waals surface area contributed by atoms with Gasteiger partial charge in [-0.15, -0.1) is 0 Å². The number of hydrogen-bond donors (Lipinski definition) is 1. The zero-order valence-electron chi connectivity index (χ0n) is 10.3. The molecule has 1 fully saturated rings. The summed E-state index contributed by atoms with van der Waals surface area (Å²) >= 11 is 0. The van der Waals surface area contributed by atoms with Gasteiger partial charge >= 0.3 is 0 Å². The van der Waals surface area contributed by atoms with Gasteiger partial charge in [0.05, 0.1) is 12.5 Å². The van der Waals surface area contributed by atoms with Crippen molar-refractivity contribution in [1.29, 1.82) is 0 Å². The highest BCUT2D eigenvalue weighted by molar-refractivity contribution is 5.85. The third-order valence-electron chi connectivity index (χ3n) is 3.79. The molecule has 2 atom stereocenters. The lowest BCUT2D eigenvalue weighted by molar-refractivity contribution is -0.132. The number of nitrogens with two attached hydrogens (primary N) is 1. The van der Waals surface area contributed by atoms with Crippen LogP contribution in [0.15, 0.2) is 24.3 Å². The quantitative estimate of drug-likeness (QED) is 0.807. The monoisotopic (exact) mass is 246 g/mol. The number of nitrogens with zero attached hydrogens (tertiary/aromatic N) is 1. The van der Waals surface area contributed by atoms with Gasteiger partial charge in [0.1, 0.15) is 5.75 Å². The predicted octanol–water partition coefficient (Wildman–Crippen LogP) is 1.11. The van der Waals surface area contributed by atoms with Crippen molar-refractivity contribution in [1.82, 2.24) is 4.90 Å². The Labute approximate surface area is 107 Å². The van der Waals surface area contributed by atoms with Crippen LogP contribution in [0.3, 0.4) is 0 Å². The van der Waals surface area contributed by atoms with E-state index in [0.29, 0.717) is 13.2 Å². The molecule has 2 aliphatic rings. The summed E-state index contributed by atoms with van der Waals surface area (Å²) in [6, 6.07) is 7.97. The van der Waals surface area contributed by atoms with E-state index in [9.17, 15) is 4.79 Å². The number of rotatable bonds is 1. The standard InChI is InChI=1S/C14H18N2O2/c15-10-5-7-16(9-10)14(17)12-6-8-18-13-4-2-1-3-11(12)13/h1-4,10,12H,5-9,15H2/t10-,12?/m1/s1. The minimum atomic E-state index is -0.0553. The average Bonchev–Trinajstić information content (AvgIpc) is 2.84. The molecular weight excluding hydrogens is 228 g/mol. The van der Waals surface area contributed by atoms with Crippen molar-refractivity contribution in [3.8, 4) is 5.75 Å². The van der Waals surface area contributed by atoms with E-state index >= 15 is 0 Å². The smallest absolute Gasteiger partial charge is 0.230 e. The molecule has 0 bridgehead atoms. The molecule has 2 aliphatic heterocycles. The first-order chi connectivity index (χ1) is 8.75. The summed E-state index contributed by atoms with van der Waals surface area (Å²) in [4.78, 5) is 14.4. The van der Waals surface area contributed by atoms with E-state index < -0.39 is 0 Å². The maximum atomic E-state index is 12.5.